The second-order valence-electron chi connectivity index (χ2n) is 5.58. The molecular formula is C16H18N4O2S. The minimum atomic E-state index is -0.446. The van der Waals surface area contributed by atoms with Gasteiger partial charge in [0.2, 0.25) is 0 Å². The number of rotatable bonds is 4. The van der Waals surface area contributed by atoms with Crippen molar-refractivity contribution < 1.29 is 0 Å². The van der Waals surface area contributed by atoms with E-state index < -0.39 is 5.69 Å². The fourth-order valence-corrected chi connectivity index (χ4v) is 3.42. The average molecular weight is 330 g/mol. The summed E-state index contributed by atoms with van der Waals surface area (Å²) in [5.41, 5.74) is 0.0419. The van der Waals surface area contributed by atoms with Gasteiger partial charge in [-0.05, 0) is 26.0 Å². The molecule has 0 saturated heterocycles. The number of nitrogens with zero attached hydrogens (tertiary/aromatic N) is 3. The molecule has 0 bridgehead atoms. The van der Waals surface area contributed by atoms with E-state index in [9.17, 15) is 9.59 Å². The molecule has 3 aromatic rings. The predicted molar refractivity (Wildman–Crippen MR) is 92.0 cm³/mol. The van der Waals surface area contributed by atoms with Crippen molar-refractivity contribution >= 4 is 22.9 Å². The number of hydrogen-bond acceptors (Lipinski definition) is 4. The Morgan fingerprint density at radius 1 is 1.22 bits per heavy atom. The van der Waals surface area contributed by atoms with Crippen LogP contribution < -0.4 is 11.2 Å². The number of nitrogens with one attached hydrogen (secondary N) is 1. The van der Waals surface area contributed by atoms with Crippen molar-refractivity contribution in [2.24, 2.45) is 7.05 Å². The normalized spacial score (nSPS) is 11.5. The van der Waals surface area contributed by atoms with Crippen LogP contribution in [0.5, 0.6) is 0 Å². The van der Waals surface area contributed by atoms with E-state index in [-0.39, 0.29) is 11.6 Å². The van der Waals surface area contributed by atoms with Gasteiger partial charge >= 0.3 is 5.69 Å². The lowest BCUT2D eigenvalue weighted by Gasteiger charge is -2.12. The lowest BCUT2D eigenvalue weighted by atomic mass is 10.3. The summed E-state index contributed by atoms with van der Waals surface area (Å²) in [7, 11) is 1.62. The van der Waals surface area contributed by atoms with Gasteiger partial charge in [-0.1, -0.05) is 18.2 Å². The van der Waals surface area contributed by atoms with Crippen molar-refractivity contribution in [3.05, 3.63) is 57.0 Å². The molecule has 2 heterocycles. The molecule has 0 saturated carbocycles. The number of aromatic nitrogens is 4. The Kier molecular flexibility index (Phi) is 4.12. The van der Waals surface area contributed by atoms with Gasteiger partial charge in [-0.15, -0.1) is 11.8 Å². The number of fused-ring (bicyclic) bond motifs is 1. The van der Waals surface area contributed by atoms with Crippen LogP contribution in [-0.2, 0) is 12.8 Å². The predicted octanol–water partition coefficient (Wildman–Crippen LogP) is 2.30. The van der Waals surface area contributed by atoms with E-state index in [2.05, 4.69) is 9.97 Å². The summed E-state index contributed by atoms with van der Waals surface area (Å²) in [6.07, 6.45) is 0. The van der Waals surface area contributed by atoms with Crippen LogP contribution >= 0.6 is 11.8 Å². The van der Waals surface area contributed by atoms with Gasteiger partial charge in [0.15, 0.2) is 11.2 Å². The molecular weight excluding hydrogens is 312 g/mol. The second-order valence-corrected chi connectivity index (χ2v) is 6.63. The quantitative estimate of drug-likeness (QED) is 0.745. The first-order valence-electron chi connectivity index (χ1n) is 7.37. The van der Waals surface area contributed by atoms with Crippen molar-refractivity contribution in [2.75, 3.05) is 0 Å². The molecule has 2 aromatic heterocycles. The van der Waals surface area contributed by atoms with Gasteiger partial charge in [0.25, 0.3) is 5.56 Å². The van der Waals surface area contributed by atoms with Gasteiger partial charge < -0.3 is 4.57 Å². The number of thioether (sulfide) groups is 1. The van der Waals surface area contributed by atoms with Crippen molar-refractivity contribution in [2.45, 2.75) is 30.5 Å². The third-order valence-corrected chi connectivity index (χ3v) is 4.66. The molecule has 23 heavy (non-hydrogen) atoms. The Labute approximate surface area is 137 Å². The van der Waals surface area contributed by atoms with Gasteiger partial charge in [-0.25, -0.2) is 9.78 Å². The fourth-order valence-electron chi connectivity index (χ4n) is 2.57. The van der Waals surface area contributed by atoms with Gasteiger partial charge in [-0.3, -0.25) is 14.3 Å². The molecule has 0 radical (unpaired) electrons. The smallest absolute Gasteiger partial charge is 0.319 e. The largest absolute Gasteiger partial charge is 0.329 e. The Balaban J connectivity index is 2.11. The number of H-pyrrole nitrogens is 1. The molecule has 7 heteroatoms. The fraction of sp³-hybridized carbons (Fsp3) is 0.312. The summed E-state index contributed by atoms with van der Waals surface area (Å²) in [5.74, 6) is 1.42. The molecule has 0 amide bonds. The Hall–Kier alpha value is -2.28. The summed E-state index contributed by atoms with van der Waals surface area (Å²) < 4.78 is 3.29. The molecule has 1 N–H and O–H groups in total. The summed E-state index contributed by atoms with van der Waals surface area (Å²) in [6.45, 7) is 4.00. The summed E-state index contributed by atoms with van der Waals surface area (Å²) in [5, 5.41) is 0. The first-order chi connectivity index (χ1) is 11.0. The minimum absolute atomic E-state index is 0.0741. The highest BCUT2D eigenvalue weighted by Crippen LogP contribution is 2.25. The molecule has 0 unspecified atom stereocenters. The van der Waals surface area contributed by atoms with Crippen molar-refractivity contribution in [1.29, 1.82) is 0 Å². The first kappa shape index (κ1) is 15.6. The third-order valence-electron chi connectivity index (χ3n) is 3.65. The maximum atomic E-state index is 12.2. The highest BCUT2D eigenvalue weighted by molar-refractivity contribution is 7.98. The molecule has 0 fully saturated rings. The van der Waals surface area contributed by atoms with Gasteiger partial charge in [0.05, 0.1) is 5.75 Å². The number of hydrogen-bond donors (Lipinski definition) is 1. The standard InChI is InChI=1S/C16H18N4O2S/c1-10(2)20-12(9-23-11-7-5-4-6-8-11)17-14-13(20)15(21)18-16(22)19(14)3/h4-8,10H,9H2,1-3H3,(H,18,21,22). The zero-order valence-electron chi connectivity index (χ0n) is 13.2. The number of aromatic amines is 1. The van der Waals surface area contributed by atoms with Gasteiger partial charge in [0.1, 0.15) is 5.82 Å². The highest BCUT2D eigenvalue weighted by atomic mass is 32.2. The zero-order chi connectivity index (χ0) is 16.6. The molecule has 0 atom stereocenters. The summed E-state index contributed by atoms with van der Waals surface area (Å²) >= 11 is 1.65. The topological polar surface area (TPSA) is 72.7 Å². The lowest BCUT2D eigenvalue weighted by molar-refractivity contribution is 0.595. The Morgan fingerprint density at radius 3 is 2.57 bits per heavy atom. The van der Waals surface area contributed by atoms with Crippen LogP contribution in [0.25, 0.3) is 11.2 Å². The maximum Gasteiger partial charge on any atom is 0.329 e. The Bertz CT molecular complexity index is 954. The minimum Gasteiger partial charge on any atom is -0.319 e. The molecule has 0 aliphatic carbocycles. The number of imidazole rings is 1. The summed E-state index contributed by atoms with van der Waals surface area (Å²) in [4.78, 5) is 32.0. The zero-order valence-corrected chi connectivity index (χ0v) is 14.1. The molecule has 120 valence electrons. The van der Waals surface area contributed by atoms with E-state index in [4.69, 9.17) is 0 Å². The van der Waals surface area contributed by atoms with Crippen LogP contribution in [0, 0.1) is 0 Å². The van der Waals surface area contributed by atoms with Crippen molar-refractivity contribution in [3.8, 4) is 0 Å². The van der Waals surface area contributed by atoms with Gasteiger partial charge in [-0.2, -0.15) is 0 Å². The Morgan fingerprint density at radius 2 is 1.91 bits per heavy atom. The first-order valence-corrected chi connectivity index (χ1v) is 8.35. The number of benzene rings is 1. The lowest BCUT2D eigenvalue weighted by Crippen LogP contribution is -2.29. The van der Waals surface area contributed by atoms with E-state index in [1.54, 1.807) is 18.8 Å². The monoisotopic (exact) mass is 330 g/mol. The molecule has 0 spiro atoms. The molecule has 0 aliphatic heterocycles. The van der Waals surface area contributed by atoms with Crippen molar-refractivity contribution in [1.82, 2.24) is 19.1 Å². The van der Waals surface area contributed by atoms with E-state index in [1.165, 1.54) is 4.57 Å². The van der Waals surface area contributed by atoms with E-state index in [0.29, 0.717) is 16.9 Å². The molecule has 6 nitrogen and oxygen atoms in total. The number of aryl methyl sites for hydroxylation is 1. The van der Waals surface area contributed by atoms with Gasteiger partial charge in [0, 0.05) is 18.0 Å². The van der Waals surface area contributed by atoms with E-state index in [1.807, 2.05) is 48.7 Å². The molecule has 3 rings (SSSR count). The second kappa shape index (κ2) is 6.08. The summed E-state index contributed by atoms with van der Waals surface area (Å²) in [6, 6.07) is 10.1. The van der Waals surface area contributed by atoms with Crippen LogP contribution in [0.4, 0.5) is 0 Å². The SMILES string of the molecule is CC(C)n1c(CSc2ccccc2)nc2c1c(=O)[nH]c(=O)n2C. The highest BCUT2D eigenvalue weighted by Gasteiger charge is 2.19. The van der Waals surface area contributed by atoms with Crippen LogP contribution in [0.2, 0.25) is 0 Å². The average Bonchev–Trinajstić information content (AvgIpc) is 2.92. The third kappa shape index (κ3) is 2.84. The van der Waals surface area contributed by atoms with E-state index in [0.717, 1.165) is 10.7 Å². The maximum absolute atomic E-state index is 12.2. The van der Waals surface area contributed by atoms with E-state index >= 15 is 0 Å². The van der Waals surface area contributed by atoms with Crippen LogP contribution in [-0.4, -0.2) is 19.1 Å². The van der Waals surface area contributed by atoms with Crippen LogP contribution in [0.15, 0.2) is 44.8 Å². The van der Waals surface area contributed by atoms with Crippen molar-refractivity contribution in [3.63, 3.8) is 0 Å². The molecule has 1 aromatic carbocycles. The van der Waals surface area contributed by atoms with Crippen LogP contribution in [0.1, 0.15) is 25.7 Å². The van der Waals surface area contributed by atoms with Crippen LogP contribution in [0.3, 0.4) is 0 Å². The molecule has 0 aliphatic rings.